The first-order valence-corrected chi connectivity index (χ1v) is 10.5. The van der Waals surface area contributed by atoms with Gasteiger partial charge in [0.1, 0.15) is 0 Å². The van der Waals surface area contributed by atoms with Crippen molar-refractivity contribution in [2.75, 3.05) is 25.0 Å². The second-order valence-corrected chi connectivity index (χ2v) is 7.93. The van der Waals surface area contributed by atoms with Crippen LogP contribution in [0.4, 0.5) is 5.69 Å². The van der Waals surface area contributed by atoms with Crippen molar-refractivity contribution in [2.45, 2.75) is 52.7 Å². The number of fused-ring (bicyclic) bond motifs is 1. The summed E-state index contributed by atoms with van der Waals surface area (Å²) in [5.41, 5.74) is 4.97. The molecule has 2 amide bonds. The molecule has 0 atom stereocenters. The Balaban J connectivity index is 1.50. The topological polar surface area (TPSA) is 70.5 Å². The third kappa shape index (κ3) is 4.19. The number of amides is 2. The van der Waals surface area contributed by atoms with Gasteiger partial charge in [0.25, 0.3) is 5.91 Å². The zero-order valence-electron chi connectivity index (χ0n) is 17.3. The average molecular weight is 396 g/mol. The predicted octanol–water partition coefficient (Wildman–Crippen LogP) is 2.66. The van der Waals surface area contributed by atoms with Crippen molar-refractivity contribution in [2.24, 2.45) is 0 Å². The average Bonchev–Trinajstić information content (AvgIpc) is 3.36. The number of carbonyl (C=O) groups excluding carboxylic acids is 2. The second-order valence-electron chi connectivity index (χ2n) is 7.93. The minimum absolute atomic E-state index is 0.0653. The van der Waals surface area contributed by atoms with E-state index in [-0.39, 0.29) is 11.8 Å². The summed E-state index contributed by atoms with van der Waals surface area (Å²) in [5, 5.41) is 7.49. The molecule has 3 heterocycles. The first kappa shape index (κ1) is 19.6. The Morgan fingerprint density at radius 3 is 2.48 bits per heavy atom. The summed E-state index contributed by atoms with van der Waals surface area (Å²) in [6, 6.07) is 7.96. The summed E-state index contributed by atoms with van der Waals surface area (Å²) in [6.45, 7) is 8.58. The van der Waals surface area contributed by atoms with Crippen molar-refractivity contribution >= 4 is 17.5 Å². The van der Waals surface area contributed by atoms with Crippen molar-refractivity contribution in [1.82, 2.24) is 19.6 Å². The fourth-order valence-corrected chi connectivity index (χ4v) is 4.34. The number of hydrogen-bond acceptors (Lipinski definition) is 4. The lowest BCUT2D eigenvalue weighted by molar-refractivity contribution is -0.114. The van der Waals surface area contributed by atoms with Crippen LogP contribution in [0.15, 0.2) is 24.3 Å². The van der Waals surface area contributed by atoms with E-state index < -0.39 is 0 Å². The molecular weight excluding hydrogens is 366 g/mol. The number of benzene rings is 1. The molecule has 0 unspecified atom stereocenters. The number of rotatable bonds is 5. The fourth-order valence-electron chi connectivity index (χ4n) is 4.34. The summed E-state index contributed by atoms with van der Waals surface area (Å²) in [7, 11) is 0. The Bertz CT molecular complexity index is 897. The van der Waals surface area contributed by atoms with E-state index >= 15 is 0 Å². The highest BCUT2D eigenvalue weighted by Crippen LogP contribution is 2.26. The van der Waals surface area contributed by atoms with Crippen molar-refractivity contribution in [3.8, 4) is 0 Å². The Labute approximate surface area is 171 Å². The van der Waals surface area contributed by atoms with Gasteiger partial charge in [-0.2, -0.15) is 5.10 Å². The van der Waals surface area contributed by atoms with Crippen LogP contribution in [0.25, 0.3) is 0 Å². The van der Waals surface area contributed by atoms with E-state index in [4.69, 9.17) is 5.10 Å². The molecule has 1 fully saturated rings. The van der Waals surface area contributed by atoms with Gasteiger partial charge in [-0.3, -0.25) is 19.2 Å². The van der Waals surface area contributed by atoms with E-state index in [1.807, 2.05) is 33.8 Å². The summed E-state index contributed by atoms with van der Waals surface area (Å²) >= 11 is 0. The smallest absolute Gasteiger partial charge is 0.274 e. The number of hydrogen-bond donors (Lipinski definition) is 1. The van der Waals surface area contributed by atoms with Crippen LogP contribution in [-0.2, 0) is 30.8 Å². The fraction of sp³-hybridized carbons (Fsp3) is 0.500. The van der Waals surface area contributed by atoms with Gasteiger partial charge in [0.15, 0.2) is 5.69 Å². The van der Waals surface area contributed by atoms with Gasteiger partial charge in [-0.15, -0.1) is 0 Å². The van der Waals surface area contributed by atoms with Crippen LogP contribution in [0.3, 0.4) is 0 Å². The molecule has 1 N–H and O–H groups in total. The Hall–Kier alpha value is -2.67. The number of nitrogens with one attached hydrogen (secondary N) is 1. The molecule has 154 valence electrons. The van der Waals surface area contributed by atoms with Crippen molar-refractivity contribution in [3.05, 3.63) is 46.8 Å². The molecule has 2 aliphatic rings. The molecule has 1 saturated heterocycles. The lowest BCUT2D eigenvalue weighted by Crippen LogP contribution is -2.33. The lowest BCUT2D eigenvalue weighted by atomic mass is 10.0. The standard InChI is InChI=1S/C22H29N5O2/c1-3-27-20-10-13-25(14-17-6-8-18(9-7-17)23-16(2)28)15-19(20)21(24-27)22(29)26-11-4-5-12-26/h6-9H,3-5,10-15H2,1-2H3,(H,23,28). The molecule has 7 nitrogen and oxygen atoms in total. The summed E-state index contributed by atoms with van der Waals surface area (Å²) < 4.78 is 2.01. The van der Waals surface area contributed by atoms with Crippen LogP contribution in [0.1, 0.15) is 54.0 Å². The van der Waals surface area contributed by atoms with Gasteiger partial charge in [0.05, 0.1) is 0 Å². The highest BCUT2D eigenvalue weighted by atomic mass is 16.2. The predicted molar refractivity (Wildman–Crippen MR) is 112 cm³/mol. The van der Waals surface area contributed by atoms with Crippen LogP contribution in [-0.4, -0.2) is 51.0 Å². The minimum atomic E-state index is -0.0653. The molecule has 1 aromatic carbocycles. The maximum absolute atomic E-state index is 13.0. The van der Waals surface area contributed by atoms with Gasteiger partial charge in [0.2, 0.25) is 5.91 Å². The highest BCUT2D eigenvalue weighted by Gasteiger charge is 2.30. The lowest BCUT2D eigenvalue weighted by Gasteiger charge is -2.28. The Kier molecular flexibility index (Phi) is 5.67. The molecule has 0 spiro atoms. The largest absolute Gasteiger partial charge is 0.337 e. The van der Waals surface area contributed by atoms with E-state index in [0.29, 0.717) is 5.69 Å². The normalized spacial score (nSPS) is 16.7. The molecule has 4 rings (SSSR count). The second kappa shape index (κ2) is 8.37. The highest BCUT2D eigenvalue weighted by molar-refractivity contribution is 5.94. The van der Waals surface area contributed by atoms with Crippen molar-refractivity contribution in [1.29, 1.82) is 0 Å². The number of nitrogens with zero attached hydrogens (tertiary/aromatic N) is 4. The van der Waals surface area contributed by atoms with Gasteiger partial charge in [-0.1, -0.05) is 12.1 Å². The van der Waals surface area contributed by atoms with Crippen molar-refractivity contribution in [3.63, 3.8) is 0 Å². The van der Waals surface area contributed by atoms with E-state index in [9.17, 15) is 9.59 Å². The third-order valence-electron chi connectivity index (χ3n) is 5.79. The van der Waals surface area contributed by atoms with Gasteiger partial charge < -0.3 is 10.2 Å². The van der Waals surface area contributed by atoms with Gasteiger partial charge >= 0.3 is 0 Å². The summed E-state index contributed by atoms with van der Waals surface area (Å²) in [6.07, 6.45) is 3.08. The van der Waals surface area contributed by atoms with Crippen LogP contribution in [0, 0.1) is 0 Å². The molecule has 0 radical (unpaired) electrons. The SMILES string of the molecule is CCn1nc(C(=O)N2CCCC2)c2c1CCN(Cc1ccc(NC(C)=O)cc1)C2. The van der Waals surface area contributed by atoms with Gasteiger partial charge in [-0.25, -0.2) is 0 Å². The van der Waals surface area contributed by atoms with Crippen LogP contribution in [0.2, 0.25) is 0 Å². The first-order valence-electron chi connectivity index (χ1n) is 10.5. The third-order valence-corrected chi connectivity index (χ3v) is 5.79. The monoisotopic (exact) mass is 395 g/mol. The first-order chi connectivity index (χ1) is 14.0. The number of aromatic nitrogens is 2. The van der Waals surface area contributed by atoms with Crippen LogP contribution >= 0.6 is 0 Å². The summed E-state index contributed by atoms with van der Waals surface area (Å²) in [5.74, 6) is 0.0249. The molecule has 0 saturated carbocycles. The quantitative estimate of drug-likeness (QED) is 0.845. The zero-order valence-corrected chi connectivity index (χ0v) is 17.3. The molecule has 2 aromatic rings. The van der Waals surface area contributed by atoms with Crippen molar-refractivity contribution < 1.29 is 9.59 Å². The molecule has 2 aliphatic heterocycles. The summed E-state index contributed by atoms with van der Waals surface area (Å²) in [4.78, 5) is 28.5. The van der Waals surface area contributed by atoms with E-state index in [1.54, 1.807) is 0 Å². The zero-order chi connectivity index (χ0) is 20.4. The molecule has 0 bridgehead atoms. The van der Waals surface area contributed by atoms with Gasteiger partial charge in [-0.05, 0) is 37.5 Å². The Morgan fingerprint density at radius 1 is 1.10 bits per heavy atom. The number of anilines is 1. The molecule has 0 aliphatic carbocycles. The van der Waals surface area contributed by atoms with E-state index in [0.717, 1.165) is 69.8 Å². The van der Waals surface area contributed by atoms with Crippen LogP contribution in [0.5, 0.6) is 0 Å². The minimum Gasteiger partial charge on any atom is -0.337 e. The molecule has 7 heteroatoms. The maximum atomic E-state index is 13.0. The van der Waals surface area contributed by atoms with E-state index in [1.165, 1.54) is 18.2 Å². The molecule has 29 heavy (non-hydrogen) atoms. The number of aryl methyl sites for hydroxylation is 1. The van der Waals surface area contributed by atoms with E-state index in [2.05, 4.69) is 17.1 Å². The molecule has 1 aromatic heterocycles. The number of likely N-dealkylation sites (tertiary alicyclic amines) is 1. The Morgan fingerprint density at radius 2 is 1.83 bits per heavy atom. The maximum Gasteiger partial charge on any atom is 0.274 e. The van der Waals surface area contributed by atoms with Crippen LogP contribution < -0.4 is 5.32 Å². The molecular formula is C22H29N5O2. The number of carbonyl (C=O) groups is 2. The van der Waals surface area contributed by atoms with Gasteiger partial charge in [0, 0.05) is 69.6 Å².